The summed E-state index contributed by atoms with van der Waals surface area (Å²) in [5, 5.41) is 21.0. The summed E-state index contributed by atoms with van der Waals surface area (Å²) in [6.45, 7) is 0. The van der Waals surface area contributed by atoms with Crippen molar-refractivity contribution in [2.45, 2.75) is 0 Å². The maximum absolute atomic E-state index is 4.26. The second-order valence-corrected chi connectivity index (χ2v) is 6.12. The van der Waals surface area contributed by atoms with Crippen molar-refractivity contribution in [3.8, 4) is 0 Å². The van der Waals surface area contributed by atoms with Gasteiger partial charge in [-0.3, -0.25) is 0 Å². The van der Waals surface area contributed by atoms with Gasteiger partial charge in [0.05, 0.1) is 0 Å². The molecule has 28 heavy (non-hydrogen) atoms. The molecular formula is C15H18B2CeN10+. The smallest absolute Gasteiger partial charge is 0.429 e. The average Bonchev–Trinajstić information content (AvgIpc) is 3.48. The molecule has 0 bridgehead atoms. The summed E-state index contributed by atoms with van der Waals surface area (Å²) in [6.07, 6.45) is 18.5. The van der Waals surface area contributed by atoms with Gasteiger partial charge >= 0.3 is 48.9 Å². The summed E-state index contributed by atoms with van der Waals surface area (Å²) in [5.41, 5.74) is 0. The first-order chi connectivity index (χ1) is 13.4. The molecule has 0 aliphatic carbocycles. The van der Waals surface area contributed by atoms with Crippen LogP contribution in [0.1, 0.15) is 0 Å². The third kappa shape index (κ3) is 5.08. The Morgan fingerprint density at radius 2 is 0.857 bits per heavy atom. The van der Waals surface area contributed by atoms with Crippen molar-refractivity contribution in [2.75, 3.05) is 0 Å². The third-order valence-electron chi connectivity index (χ3n) is 4.23. The average molecular weight is 500 g/mol. The van der Waals surface area contributed by atoms with Gasteiger partial charge in [-0.05, 0) is 61.3 Å². The molecule has 10 nitrogen and oxygen atoms in total. The second kappa shape index (κ2) is 10.2. The summed E-state index contributed by atoms with van der Waals surface area (Å²) < 4.78 is 9.50. The number of nitrogens with zero attached hydrogens (tertiary/aromatic N) is 10. The van der Waals surface area contributed by atoms with Crippen molar-refractivity contribution in [1.29, 1.82) is 0 Å². The van der Waals surface area contributed by atoms with Crippen LogP contribution in [0.25, 0.3) is 0 Å². The van der Waals surface area contributed by atoms with Crippen LogP contribution in [0, 0.1) is 41.7 Å². The topological polar surface area (TPSA) is 89.1 Å². The molecule has 13 heteroatoms. The molecule has 0 amide bonds. The summed E-state index contributed by atoms with van der Waals surface area (Å²) >= 11 is 0. The molecule has 0 aliphatic rings. The third-order valence-corrected chi connectivity index (χ3v) is 4.23. The molecule has 0 N–H and O–H groups in total. The minimum Gasteiger partial charge on any atom is -0.429 e. The van der Waals surface area contributed by atoms with Crippen molar-refractivity contribution < 1.29 is 41.7 Å². The van der Waals surface area contributed by atoms with Crippen molar-refractivity contribution in [1.82, 2.24) is 48.5 Å². The van der Waals surface area contributed by atoms with Crippen LogP contribution < -0.4 is 0 Å². The van der Waals surface area contributed by atoms with Gasteiger partial charge in [0.2, 0.25) is 0 Å². The van der Waals surface area contributed by atoms with Crippen molar-refractivity contribution in [2.24, 2.45) is 0 Å². The van der Waals surface area contributed by atoms with Crippen molar-refractivity contribution in [3.05, 3.63) is 92.3 Å². The van der Waals surface area contributed by atoms with Gasteiger partial charge in [-0.1, -0.05) is 0 Å². The largest absolute Gasteiger partial charge is 3.00 e. The Balaban J connectivity index is 0.000000165. The molecule has 0 atom stereocenters. The summed E-state index contributed by atoms with van der Waals surface area (Å²) in [5.74, 6) is 0. The van der Waals surface area contributed by atoms with Crippen LogP contribution >= 0.6 is 0 Å². The standard InChI is InChI=1S/C9H10BN6.C6H8BN4.Ce/c1-4-11-14(7-1)10(15-8-2-5-12-15)16-9-3-6-13-16;1-3-8-10(5-1)7-11-6-2-4-9-11;/h1-10H;1-6H,7H2;/q2*-1;+3. The van der Waals surface area contributed by atoms with E-state index in [0.717, 1.165) is 0 Å². The van der Waals surface area contributed by atoms with Crippen molar-refractivity contribution >= 4 is 14.7 Å². The molecule has 5 aromatic rings. The number of hydrogen-bond acceptors (Lipinski definition) is 5. The van der Waals surface area contributed by atoms with Crippen LogP contribution in [0.4, 0.5) is 0 Å². The molecule has 0 aromatic carbocycles. The van der Waals surface area contributed by atoms with Crippen LogP contribution in [0.3, 0.4) is 0 Å². The van der Waals surface area contributed by atoms with Crippen LogP contribution in [-0.2, 0) is 0 Å². The molecule has 0 fully saturated rings. The predicted octanol–water partition coefficient (Wildman–Crippen LogP) is -0.587. The summed E-state index contributed by atoms with van der Waals surface area (Å²) in [6, 6.07) is 9.53. The molecule has 5 heterocycles. The van der Waals surface area contributed by atoms with E-state index in [4.69, 9.17) is 0 Å². The SMILES string of the molecule is [BH2-](n1cccn1)n1cccn1.[Ce+3].c1cnn([BH-](n2cccn2)n2cccn2)c1. The van der Waals surface area contributed by atoms with E-state index in [9.17, 15) is 0 Å². The van der Waals surface area contributed by atoms with Gasteiger partial charge in [-0.15, -0.1) is 0 Å². The molecule has 0 unspecified atom stereocenters. The molecule has 137 valence electrons. The molecule has 0 saturated heterocycles. The minimum atomic E-state index is -1.12. The number of aromatic nitrogens is 10. The fraction of sp³-hybridized carbons (Fsp3) is 0. The van der Waals surface area contributed by atoms with Gasteiger partial charge in [0.25, 0.3) is 0 Å². The molecule has 5 rings (SSSR count). The molecule has 5 aromatic heterocycles. The van der Waals surface area contributed by atoms with Gasteiger partial charge in [0.15, 0.2) is 7.55 Å². The van der Waals surface area contributed by atoms with Crippen LogP contribution in [0.15, 0.2) is 92.3 Å². The Kier molecular flexibility index (Phi) is 7.39. The van der Waals surface area contributed by atoms with E-state index in [1.807, 2.05) is 84.3 Å². The van der Waals surface area contributed by atoms with Crippen molar-refractivity contribution in [3.63, 3.8) is 0 Å². The van der Waals surface area contributed by atoms with E-state index in [1.54, 1.807) is 31.0 Å². The van der Waals surface area contributed by atoms with E-state index in [1.165, 1.54) is 0 Å². The van der Waals surface area contributed by atoms with Gasteiger partial charge < -0.3 is 23.0 Å². The first-order valence-electron chi connectivity index (χ1n) is 8.76. The Labute approximate surface area is 196 Å². The predicted molar refractivity (Wildman–Crippen MR) is 104 cm³/mol. The van der Waals surface area contributed by atoms with Gasteiger partial charge in [0.1, 0.15) is 0 Å². The Morgan fingerprint density at radius 1 is 0.500 bits per heavy atom. The van der Waals surface area contributed by atoms with E-state index in [-0.39, 0.29) is 41.7 Å². The fourth-order valence-corrected chi connectivity index (χ4v) is 2.99. The van der Waals surface area contributed by atoms with Gasteiger partial charge in [-0.25, -0.2) is 25.5 Å². The first kappa shape index (κ1) is 20.3. The molecule has 0 aliphatic heterocycles. The molecule has 0 spiro atoms. The Bertz CT molecular complexity index is 882. The Morgan fingerprint density at radius 3 is 1.14 bits per heavy atom. The fourth-order valence-electron chi connectivity index (χ4n) is 2.99. The van der Waals surface area contributed by atoms with E-state index in [0.29, 0.717) is 0 Å². The first-order valence-corrected chi connectivity index (χ1v) is 8.76. The molecule has 1 radical (unpaired) electrons. The molecular weight excluding hydrogens is 482 g/mol. The summed E-state index contributed by atoms with van der Waals surface area (Å²) in [4.78, 5) is 0. The van der Waals surface area contributed by atoms with Crippen LogP contribution in [-0.4, -0.2) is 63.1 Å². The zero-order chi connectivity index (χ0) is 18.3. The normalized spacial score (nSPS) is 10.3. The van der Waals surface area contributed by atoms with E-state index >= 15 is 0 Å². The Hall–Kier alpha value is -2.44. The maximum atomic E-state index is 4.26. The molecule has 0 saturated carbocycles. The maximum Gasteiger partial charge on any atom is 3.00 e. The van der Waals surface area contributed by atoms with Crippen LogP contribution in [0.2, 0.25) is 0 Å². The number of hydrogen-bond donors (Lipinski definition) is 0. The number of rotatable bonds is 5. The van der Waals surface area contributed by atoms with Gasteiger partial charge in [-0.2, -0.15) is 0 Å². The monoisotopic (exact) mass is 500 g/mol. The van der Waals surface area contributed by atoms with E-state index < -0.39 is 14.7 Å². The zero-order valence-electron chi connectivity index (χ0n) is 15.3. The van der Waals surface area contributed by atoms with E-state index in [2.05, 4.69) is 25.5 Å². The minimum absolute atomic E-state index is 0. The second-order valence-electron chi connectivity index (χ2n) is 6.12. The van der Waals surface area contributed by atoms with Gasteiger partial charge in [0, 0.05) is 31.0 Å². The van der Waals surface area contributed by atoms with Crippen LogP contribution in [0.5, 0.6) is 0 Å². The summed E-state index contributed by atoms with van der Waals surface area (Å²) in [7, 11) is -1.54. The quantitative estimate of drug-likeness (QED) is 0.302. The zero-order valence-corrected chi connectivity index (χ0v) is 18.5.